The van der Waals surface area contributed by atoms with Gasteiger partial charge < -0.3 is 10.6 Å². The Labute approximate surface area is 108 Å². The normalized spacial score (nSPS) is 17.9. The van der Waals surface area contributed by atoms with Gasteiger partial charge in [0.25, 0.3) is 0 Å². The van der Waals surface area contributed by atoms with Gasteiger partial charge in [-0.15, -0.1) is 0 Å². The fourth-order valence-electron chi connectivity index (χ4n) is 2.17. The van der Waals surface area contributed by atoms with Crippen LogP contribution in [0.5, 0.6) is 0 Å². The van der Waals surface area contributed by atoms with E-state index in [2.05, 4.69) is 42.7 Å². The molecule has 1 heterocycles. The van der Waals surface area contributed by atoms with Crippen molar-refractivity contribution in [2.24, 2.45) is 0 Å². The molecule has 3 heteroatoms. The van der Waals surface area contributed by atoms with Gasteiger partial charge in [0.1, 0.15) is 6.17 Å². The van der Waals surface area contributed by atoms with Gasteiger partial charge >= 0.3 is 0 Å². The Bertz CT molecular complexity index is 491. The molecule has 2 rings (SSSR count). The zero-order valence-corrected chi connectivity index (χ0v) is 11.2. The number of hydrogen-bond donors (Lipinski definition) is 2. The molecule has 1 aliphatic rings. The first kappa shape index (κ1) is 12.7. The summed E-state index contributed by atoms with van der Waals surface area (Å²) in [4.78, 5) is 11.8. The largest absolute Gasteiger partial charge is 0.366 e. The number of aryl methyl sites for hydroxylation is 2. The predicted octanol–water partition coefficient (Wildman–Crippen LogP) is 2.71. The molecule has 0 bridgehead atoms. The van der Waals surface area contributed by atoms with E-state index in [9.17, 15) is 4.79 Å². The summed E-state index contributed by atoms with van der Waals surface area (Å²) in [6.45, 7) is 6.18. The highest BCUT2D eigenvalue weighted by atomic mass is 16.1. The number of benzene rings is 1. The monoisotopic (exact) mass is 244 g/mol. The number of Topliss-reactive ketones (excluding diaryl/α,β-unsaturated/α-hetero) is 1. The van der Waals surface area contributed by atoms with E-state index in [4.69, 9.17) is 0 Å². The van der Waals surface area contributed by atoms with Crippen molar-refractivity contribution in [2.75, 3.05) is 0 Å². The van der Waals surface area contributed by atoms with Gasteiger partial charge in [-0.05, 0) is 31.4 Å². The van der Waals surface area contributed by atoms with Crippen LogP contribution in [0.15, 0.2) is 30.1 Å². The van der Waals surface area contributed by atoms with Crippen LogP contribution in [0.3, 0.4) is 0 Å². The van der Waals surface area contributed by atoms with E-state index in [0.717, 1.165) is 6.42 Å². The number of nitrogens with one attached hydrogen (secondary N) is 2. The number of hydrogen-bond acceptors (Lipinski definition) is 3. The molecule has 0 spiro atoms. The fraction of sp³-hybridized carbons (Fsp3) is 0.400. The van der Waals surface area contributed by atoms with Crippen LogP contribution in [0, 0.1) is 13.8 Å². The topological polar surface area (TPSA) is 41.1 Å². The van der Waals surface area contributed by atoms with E-state index in [0.29, 0.717) is 12.1 Å². The van der Waals surface area contributed by atoms with Crippen molar-refractivity contribution >= 4 is 5.78 Å². The minimum atomic E-state index is 0.0145. The number of allylic oxidation sites excluding steroid dienone is 1. The van der Waals surface area contributed by atoms with Crippen LogP contribution in [-0.4, -0.2) is 5.78 Å². The van der Waals surface area contributed by atoms with E-state index in [1.807, 2.05) is 6.92 Å². The van der Waals surface area contributed by atoms with Crippen molar-refractivity contribution < 1.29 is 4.79 Å². The van der Waals surface area contributed by atoms with Crippen LogP contribution >= 0.6 is 0 Å². The molecule has 2 N–H and O–H groups in total. The summed E-state index contributed by atoms with van der Waals surface area (Å²) >= 11 is 0. The molecule has 1 unspecified atom stereocenters. The van der Waals surface area contributed by atoms with Crippen molar-refractivity contribution in [3.05, 3.63) is 46.8 Å². The molecule has 1 aliphatic heterocycles. The van der Waals surface area contributed by atoms with Gasteiger partial charge in [-0.3, -0.25) is 4.79 Å². The van der Waals surface area contributed by atoms with Crippen LogP contribution in [0.2, 0.25) is 0 Å². The molecule has 0 radical (unpaired) electrons. The SMILES string of the molecule is CCCC(=O)C1=CNC(c2cc(C)ccc2C)N1. The van der Waals surface area contributed by atoms with E-state index in [-0.39, 0.29) is 11.9 Å². The third-order valence-electron chi connectivity index (χ3n) is 3.22. The lowest BCUT2D eigenvalue weighted by molar-refractivity contribution is -0.115. The second-order valence-electron chi connectivity index (χ2n) is 4.84. The van der Waals surface area contributed by atoms with E-state index < -0.39 is 0 Å². The number of rotatable bonds is 4. The van der Waals surface area contributed by atoms with Crippen molar-refractivity contribution in [2.45, 2.75) is 39.8 Å². The highest BCUT2D eigenvalue weighted by molar-refractivity contribution is 5.95. The lowest BCUT2D eigenvalue weighted by atomic mass is 10.0. The van der Waals surface area contributed by atoms with Crippen molar-refractivity contribution in [1.82, 2.24) is 10.6 Å². The maximum atomic E-state index is 11.8. The first-order valence-electron chi connectivity index (χ1n) is 6.45. The van der Waals surface area contributed by atoms with Crippen LogP contribution < -0.4 is 10.6 Å². The van der Waals surface area contributed by atoms with Gasteiger partial charge in [0.05, 0.1) is 5.70 Å². The van der Waals surface area contributed by atoms with Crippen molar-refractivity contribution in [3.63, 3.8) is 0 Å². The summed E-state index contributed by atoms with van der Waals surface area (Å²) < 4.78 is 0. The standard InChI is InChI=1S/C15H20N2O/c1-4-5-14(18)13-9-16-15(17-13)12-8-10(2)6-7-11(12)3/h6-9,15-17H,4-5H2,1-3H3. The summed E-state index contributed by atoms with van der Waals surface area (Å²) in [5, 5.41) is 6.50. The summed E-state index contributed by atoms with van der Waals surface area (Å²) in [6.07, 6.45) is 3.29. The number of carbonyl (C=O) groups excluding carboxylic acids is 1. The van der Waals surface area contributed by atoms with Crippen LogP contribution in [0.4, 0.5) is 0 Å². The molecule has 0 amide bonds. The van der Waals surface area contributed by atoms with Gasteiger partial charge in [0, 0.05) is 12.6 Å². The van der Waals surface area contributed by atoms with Crippen molar-refractivity contribution in [3.8, 4) is 0 Å². The Morgan fingerprint density at radius 1 is 1.33 bits per heavy atom. The lowest BCUT2D eigenvalue weighted by Gasteiger charge is -2.17. The maximum absolute atomic E-state index is 11.8. The highest BCUT2D eigenvalue weighted by Crippen LogP contribution is 2.21. The molecule has 0 aromatic heterocycles. The summed E-state index contributed by atoms with van der Waals surface area (Å²) in [5.74, 6) is 0.179. The second-order valence-corrected chi connectivity index (χ2v) is 4.84. The molecule has 0 saturated heterocycles. The second kappa shape index (κ2) is 5.25. The van der Waals surface area contributed by atoms with E-state index in [1.165, 1.54) is 16.7 Å². The molecular formula is C15H20N2O. The molecule has 1 aromatic rings. The fourth-order valence-corrected chi connectivity index (χ4v) is 2.17. The Hall–Kier alpha value is -1.77. The van der Waals surface area contributed by atoms with Crippen LogP contribution in [0.25, 0.3) is 0 Å². The number of ketones is 1. The van der Waals surface area contributed by atoms with Gasteiger partial charge in [0.2, 0.25) is 0 Å². The smallest absolute Gasteiger partial charge is 0.180 e. The first-order chi connectivity index (χ1) is 8.61. The predicted molar refractivity (Wildman–Crippen MR) is 72.9 cm³/mol. The number of carbonyl (C=O) groups is 1. The minimum absolute atomic E-state index is 0.0145. The molecule has 96 valence electrons. The van der Waals surface area contributed by atoms with Crippen molar-refractivity contribution in [1.29, 1.82) is 0 Å². The molecule has 0 aliphatic carbocycles. The average Bonchev–Trinajstić information content (AvgIpc) is 2.82. The first-order valence-corrected chi connectivity index (χ1v) is 6.45. The summed E-state index contributed by atoms with van der Waals surface area (Å²) in [6, 6.07) is 6.37. The molecule has 0 fully saturated rings. The Kier molecular flexibility index (Phi) is 3.70. The highest BCUT2D eigenvalue weighted by Gasteiger charge is 2.22. The van der Waals surface area contributed by atoms with Crippen LogP contribution in [-0.2, 0) is 4.79 Å². The summed E-state index contributed by atoms with van der Waals surface area (Å²) in [5.41, 5.74) is 4.35. The third kappa shape index (κ3) is 2.55. The van der Waals surface area contributed by atoms with E-state index >= 15 is 0 Å². The van der Waals surface area contributed by atoms with Gasteiger partial charge in [0.15, 0.2) is 5.78 Å². The maximum Gasteiger partial charge on any atom is 0.180 e. The lowest BCUT2D eigenvalue weighted by Crippen LogP contribution is -2.25. The zero-order valence-electron chi connectivity index (χ0n) is 11.2. The molecule has 3 nitrogen and oxygen atoms in total. The average molecular weight is 244 g/mol. The molecule has 1 aromatic carbocycles. The quantitative estimate of drug-likeness (QED) is 0.855. The Morgan fingerprint density at radius 3 is 2.83 bits per heavy atom. The van der Waals surface area contributed by atoms with Gasteiger partial charge in [-0.25, -0.2) is 0 Å². The Balaban J connectivity index is 2.11. The molecular weight excluding hydrogens is 224 g/mol. The van der Waals surface area contributed by atoms with Gasteiger partial charge in [-0.1, -0.05) is 30.7 Å². The molecule has 18 heavy (non-hydrogen) atoms. The molecule has 0 saturated carbocycles. The van der Waals surface area contributed by atoms with Gasteiger partial charge in [-0.2, -0.15) is 0 Å². The molecule has 1 atom stereocenters. The third-order valence-corrected chi connectivity index (χ3v) is 3.22. The van der Waals surface area contributed by atoms with E-state index in [1.54, 1.807) is 6.20 Å². The Morgan fingerprint density at radius 2 is 2.11 bits per heavy atom. The zero-order chi connectivity index (χ0) is 13.1. The minimum Gasteiger partial charge on any atom is -0.366 e. The van der Waals surface area contributed by atoms with Crippen LogP contribution in [0.1, 0.15) is 42.6 Å². The summed E-state index contributed by atoms with van der Waals surface area (Å²) in [7, 11) is 0.